The zero-order valence-electron chi connectivity index (χ0n) is 12.5. The van der Waals surface area contributed by atoms with Gasteiger partial charge in [0.15, 0.2) is 0 Å². The van der Waals surface area contributed by atoms with Gasteiger partial charge in [-0.25, -0.2) is 0 Å². The maximum absolute atomic E-state index is 12.1. The molecule has 4 heteroatoms. The molecule has 1 aliphatic rings. The molecule has 114 valence electrons. The predicted molar refractivity (Wildman–Crippen MR) is 81.0 cm³/mol. The number of carboxylic acids is 1. The average molecular weight is 289 g/mol. The fourth-order valence-electron chi connectivity index (χ4n) is 3.02. The van der Waals surface area contributed by atoms with Gasteiger partial charge < -0.3 is 10.4 Å². The van der Waals surface area contributed by atoms with Crippen LogP contribution >= 0.6 is 0 Å². The molecule has 1 amide bonds. The molecule has 0 aliphatic heterocycles. The first kappa shape index (κ1) is 15.5. The Morgan fingerprint density at radius 3 is 2.67 bits per heavy atom. The van der Waals surface area contributed by atoms with Crippen LogP contribution < -0.4 is 5.32 Å². The van der Waals surface area contributed by atoms with E-state index in [0.717, 1.165) is 19.3 Å². The summed E-state index contributed by atoms with van der Waals surface area (Å²) >= 11 is 0. The average Bonchev–Trinajstić information content (AvgIpc) is 2.47. The van der Waals surface area contributed by atoms with Gasteiger partial charge in [0.25, 0.3) is 0 Å². The number of carboxylic acid groups (broad SMARTS) is 1. The van der Waals surface area contributed by atoms with Crippen LogP contribution in [-0.4, -0.2) is 23.0 Å². The van der Waals surface area contributed by atoms with Crippen molar-refractivity contribution in [1.82, 2.24) is 5.32 Å². The van der Waals surface area contributed by atoms with Gasteiger partial charge in [0.1, 0.15) is 0 Å². The van der Waals surface area contributed by atoms with Crippen molar-refractivity contribution in [3.05, 3.63) is 35.4 Å². The van der Waals surface area contributed by atoms with Crippen LogP contribution in [0.2, 0.25) is 0 Å². The van der Waals surface area contributed by atoms with Crippen molar-refractivity contribution in [2.45, 2.75) is 51.5 Å². The maximum Gasteiger partial charge on any atom is 0.308 e. The van der Waals surface area contributed by atoms with Crippen molar-refractivity contribution in [2.75, 3.05) is 0 Å². The maximum atomic E-state index is 12.1. The van der Waals surface area contributed by atoms with E-state index in [-0.39, 0.29) is 11.9 Å². The summed E-state index contributed by atoms with van der Waals surface area (Å²) in [5, 5.41) is 12.1. The normalized spacial score (nSPS) is 21.8. The Morgan fingerprint density at radius 1 is 1.24 bits per heavy atom. The third-order valence-electron chi connectivity index (χ3n) is 4.31. The van der Waals surface area contributed by atoms with Gasteiger partial charge in [-0.1, -0.05) is 37.1 Å². The predicted octanol–water partition coefficient (Wildman–Crippen LogP) is 2.69. The van der Waals surface area contributed by atoms with Crippen molar-refractivity contribution < 1.29 is 14.7 Å². The Morgan fingerprint density at radius 2 is 1.95 bits per heavy atom. The van der Waals surface area contributed by atoms with Crippen LogP contribution in [0.25, 0.3) is 0 Å². The van der Waals surface area contributed by atoms with E-state index in [0.29, 0.717) is 19.3 Å². The van der Waals surface area contributed by atoms with E-state index in [1.54, 1.807) is 0 Å². The summed E-state index contributed by atoms with van der Waals surface area (Å²) in [6.45, 7) is 2.04. The standard InChI is InChI=1S/C17H23NO3/c1-12-6-2-3-7-13(12)10-11-16(19)18-15-9-5-4-8-14(15)17(20)21/h2-3,6-7,14-15H,4-5,8-11H2,1H3,(H,18,19)(H,20,21). The lowest BCUT2D eigenvalue weighted by molar-refractivity contribution is -0.144. The number of nitrogens with one attached hydrogen (secondary N) is 1. The smallest absolute Gasteiger partial charge is 0.308 e. The lowest BCUT2D eigenvalue weighted by atomic mass is 9.84. The number of carbonyl (C=O) groups is 2. The van der Waals surface area contributed by atoms with Crippen molar-refractivity contribution in [1.29, 1.82) is 0 Å². The Kier molecular flexibility index (Phi) is 5.37. The molecular formula is C17H23NO3. The third kappa shape index (κ3) is 4.31. The van der Waals surface area contributed by atoms with Gasteiger partial charge in [0.05, 0.1) is 5.92 Å². The second-order valence-corrected chi connectivity index (χ2v) is 5.83. The second kappa shape index (κ2) is 7.25. The molecule has 2 rings (SSSR count). The van der Waals surface area contributed by atoms with Crippen LogP contribution in [0.4, 0.5) is 0 Å². The van der Waals surface area contributed by atoms with E-state index < -0.39 is 11.9 Å². The fourth-order valence-corrected chi connectivity index (χ4v) is 3.02. The summed E-state index contributed by atoms with van der Waals surface area (Å²) in [5.74, 6) is -1.27. The molecule has 0 bridgehead atoms. The number of hydrogen-bond donors (Lipinski definition) is 2. The number of amides is 1. The van der Waals surface area contributed by atoms with Crippen LogP contribution in [0.5, 0.6) is 0 Å². The van der Waals surface area contributed by atoms with Crippen molar-refractivity contribution >= 4 is 11.9 Å². The lowest BCUT2D eigenvalue weighted by Gasteiger charge is -2.29. The van der Waals surface area contributed by atoms with Gasteiger partial charge in [-0.15, -0.1) is 0 Å². The minimum absolute atomic E-state index is 0.0450. The Labute approximate surface area is 125 Å². The highest BCUT2D eigenvalue weighted by molar-refractivity contribution is 5.78. The summed E-state index contributed by atoms with van der Waals surface area (Å²) in [6, 6.07) is 7.82. The summed E-state index contributed by atoms with van der Waals surface area (Å²) in [7, 11) is 0. The van der Waals surface area contributed by atoms with E-state index in [9.17, 15) is 14.7 Å². The Bertz CT molecular complexity index is 513. The molecule has 0 heterocycles. The van der Waals surface area contributed by atoms with Crippen LogP contribution in [0.15, 0.2) is 24.3 Å². The van der Waals surface area contributed by atoms with Gasteiger partial charge in [0.2, 0.25) is 5.91 Å². The summed E-state index contributed by atoms with van der Waals surface area (Å²) < 4.78 is 0. The molecule has 0 spiro atoms. The van der Waals surface area contributed by atoms with E-state index >= 15 is 0 Å². The van der Waals surface area contributed by atoms with E-state index in [4.69, 9.17) is 0 Å². The highest BCUT2D eigenvalue weighted by atomic mass is 16.4. The first-order valence-corrected chi connectivity index (χ1v) is 7.64. The van der Waals surface area contributed by atoms with Crippen molar-refractivity contribution in [3.8, 4) is 0 Å². The molecule has 0 aromatic heterocycles. The van der Waals surface area contributed by atoms with Gasteiger partial charge in [0, 0.05) is 12.5 Å². The molecule has 21 heavy (non-hydrogen) atoms. The Hall–Kier alpha value is -1.84. The molecule has 1 aromatic carbocycles. The number of aryl methyl sites for hydroxylation is 2. The number of hydrogen-bond acceptors (Lipinski definition) is 2. The first-order chi connectivity index (χ1) is 10.1. The number of carbonyl (C=O) groups excluding carboxylic acids is 1. The number of benzene rings is 1. The summed E-state index contributed by atoms with van der Waals surface area (Å²) in [4.78, 5) is 23.3. The molecule has 1 aromatic rings. The van der Waals surface area contributed by atoms with Crippen molar-refractivity contribution in [2.24, 2.45) is 5.92 Å². The quantitative estimate of drug-likeness (QED) is 0.876. The SMILES string of the molecule is Cc1ccccc1CCC(=O)NC1CCCCC1C(=O)O. The molecular weight excluding hydrogens is 266 g/mol. The van der Waals surface area contributed by atoms with Crippen LogP contribution in [-0.2, 0) is 16.0 Å². The van der Waals surface area contributed by atoms with Gasteiger partial charge in [-0.3, -0.25) is 9.59 Å². The monoisotopic (exact) mass is 289 g/mol. The minimum Gasteiger partial charge on any atom is -0.481 e. The van der Waals surface area contributed by atoms with Gasteiger partial charge in [-0.2, -0.15) is 0 Å². The largest absolute Gasteiger partial charge is 0.481 e. The first-order valence-electron chi connectivity index (χ1n) is 7.64. The molecule has 2 unspecified atom stereocenters. The molecule has 0 saturated heterocycles. The fraction of sp³-hybridized carbons (Fsp3) is 0.529. The zero-order valence-corrected chi connectivity index (χ0v) is 12.5. The van der Waals surface area contributed by atoms with E-state index in [1.165, 1.54) is 11.1 Å². The summed E-state index contributed by atoms with van der Waals surface area (Å²) in [5.41, 5.74) is 2.36. The highest BCUT2D eigenvalue weighted by Gasteiger charge is 2.31. The molecule has 0 radical (unpaired) electrons. The number of aliphatic carboxylic acids is 1. The van der Waals surface area contributed by atoms with Crippen LogP contribution in [0, 0.1) is 12.8 Å². The van der Waals surface area contributed by atoms with Crippen molar-refractivity contribution in [3.63, 3.8) is 0 Å². The third-order valence-corrected chi connectivity index (χ3v) is 4.31. The van der Waals surface area contributed by atoms with Crippen LogP contribution in [0.3, 0.4) is 0 Å². The lowest BCUT2D eigenvalue weighted by Crippen LogP contribution is -2.45. The minimum atomic E-state index is -0.793. The summed E-state index contributed by atoms with van der Waals surface area (Å²) in [6.07, 6.45) is 4.47. The van der Waals surface area contributed by atoms with Gasteiger partial charge in [-0.05, 0) is 37.3 Å². The molecule has 1 saturated carbocycles. The second-order valence-electron chi connectivity index (χ2n) is 5.83. The van der Waals surface area contributed by atoms with Crippen LogP contribution in [0.1, 0.15) is 43.2 Å². The van der Waals surface area contributed by atoms with Gasteiger partial charge >= 0.3 is 5.97 Å². The molecule has 2 N–H and O–H groups in total. The molecule has 4 nitrogen and oxygen atoms in total. The number of rotatable bonds is 5. The topological polar surface area (TPSA) is 66.4 Å². The molecule has 1 fully saturated rings. The molecule has 2 atom stereocenters. The zero-order chi connectivity index (χ0) is 15.2. The van der Waals surface area contributed by atoms with E-state index in [1.807, 2.05) is 31.2 Å². The van der Waals surface area contributed by atoms with E-state index in [2.05, 4.69) is 5.32 Å². The Balaban J connectivity index is 1.86. The molecule has 1 aliphatic carbocycles. The highest BCUT2D eigenvalue weighted by Crippen LogP contribution is 2.24.